The van der Waals surface area contributed by atoms with E-state index in [4.69, 9.17) is 5.84 Å². The molecule has 0 saturated carbocycles. The van der Waals surface area contributed by atoms with Crippen molar-refractivity contribution >= 4 is 0 Å². The zero-order chi connectivity index (χ0) is 3.41. The topological polar surface area (TPSA) is 28.2 Å². The van der Waals surface area contributed by atoms with Crippen molar-refractivity contribution in [2.45, 2.75) is 6.92 Å². The Kier molecular flexibility index (Phi) is 1.88. The molecule has 0 heterocycles. The van der Waals surface area contributed by atoms with Crippen LogP contribution in [0.5, 0.6) is 0 Å². The van der Waals surface area contributed by atoms with Gasteiger partial charge in [0.25, 0.3) is 6.07 Å². The molecule has 0 rings (SSSR count). The fourth-order valence-corrected chi connectivity index (χ4v) is 0. The summed E-state index contributed by atoms with van der Waals surface area (Å²) in [6.45, 7) is 1.58. The van der Waals surface area contributed by atoms with Gasteiger partial charge in [0.1, 0.15) is 0 Å². The van der Waals surface area contributed by atoms with E-state index in [1.807, 2.05) is 0 Å². The van der Waals surface area contributed by atoms with Crippen LogP contribution < -0.4 is 0 Å². The first-order valence-corrected chi connectivity index (χ1v) is 0.947. The lowest BCUT2D eigenvalue weighted by Crippen LogP contribution is -1.18. The van der Waals surface area contributed by atoms with E-state index in [9.17, 15) is 0 Å². The average Bonchev–Trinajstić information content (AvgIpc) is 1.37. The van der Waals surface area contributed by atoms with Gasteiger partial charge >= 0.3 is 0 Å². The maximum atomic E-state index is 5.97. The Morgan fingerprint density at radius 2 is 2.25 bits per heavy atom. The maximum Gasteiger partial charge on any atom is 0.267 e. The van der Waals surface area contributed by atoms with Gasteiger partial charge in [0.05, 0.1) is 6.92 Å². The zero-order valence-corrected chi connectivity index (χ0v) is 2.45. The molecule has 0 aromatic carbocycles. The highest BCUT2D eigenvalue weighted by Crippen LogP contribution is 1.52. The SMILES string of the molecule is CC#[N+][NH-]. The van der Waals surface area contributed by atoms with Crippen molar-refractivity contribution < 1.29 is 0 Å². The first-order valence-electron chi connectivity index (χ1n) is 0.947. The molecular weight excluding hydrogens is 52.0 g/mol. The van der Waals surface area contributed by atoms with Crippen molar-refractivity contribution in [1.82, 2.24) is 0 Å². The predicted molar refractivity (Wildman–Crippen MR) is 17.2 cm³/mol. The Hall–Kier alpha value is -0.710. The summed E-state index contributed by atoms with van der Waals surface area (Å²) in [5, 5.41) is 0. The smallest absolute Gasteiger partial charge is 0.267 e. The molecule has 1 N–H and O–H groups in total. The number of hydrogen-bond donors (Lipinski definition) is 0. The summed E-state index contributed by atoms with van der Waals surface area (Å²) in [7, 11) is 0. The van der Waals surface area contributed by atoms with E-state index in [0.29, 0.717) is 0 Å². The number of hydrogen-bond acceptors (Lipinski definition) is 0. The third-order valence-corrected chi connectivity index (χ3v) is 0.112. The lowest BCUT2D eigenvalue weighted by atomic mass is 10.9. The number of nitrogens with zero attached hydrogens (tertiary/aromatic N) is 1. The molecule has 0 aromatic heterocycles. The molecular formula is C2H4N2. The van der Waals surface area contributed by atoms with Crippen molar-refractivity contribution in [3.63, 3.8) is 0 Å². The van der Waals surface area contributed by atoms with Crippen LogP contribution in [0.25, 0.3) is 10.8 Å². The van der Waals surface area contributed by atoms with E-state index < -0.39 is 0 Å². The Morgan fingerprint density at radius 1 is 2.00 bits per heavy atom. The van der Waals surface area contributed by atoms with Gasteiger partial charge in [0.15, 0.2) is 0 Å². The number of rotatable bonds is 0. The van der Waals surface area contributed by atoms with Crippen molar-refractivity contribution in [2.24, 2.45) is 0 Å². The quantitative estimate of drug-likeness (QED) is 0.374. The minimum absolute atomic E-state index is 1.58. The van der Waals surface area contributed by atoms with E-state index in [1.165, 1.54) is 0 Å². The highest BCUT2D eigenvalue weighted by Gasteiger charge is 1.39. The Labute approximate surface area is 25.0 Å². The molecule has 0 unspecified atom stereocenters. The highest BCUT2D eigenvalue weighted by atomic mass is 15.1. The minimum atomic E-state index is 1.58. The van der Waals surface area contributed by atoms with Gasteiger partial charge in [-0.15, -0.1) is 4.95 Å². The van der Waals surface area contributed by atoms with E-state index in [1.54, 1.807) is 6.92 Å². The minimum Gasteiger partial charge on any atom is -0.322 e. The zero-order valence-electron chi connectivity index (χ0n) is 2.45. The Bertz CT molecular complexity index is 40.8. The molecule has 4 heavy (non-hydrogen) atoms. The molecule has 0 aromatic rings. The van der Waals surface area contributed by atoms with Crippen LogP contribution in [-0.4, -0.2) is 0 Å². The molecule has 2 heteroatoms. The molecule has 0 amide bonds. The summed E-state index contributed by atoms with van der Waals surface area (Å²) in [5.74, 6) is 5.97. The van der Waals surface area contributed by atoms with Gasteiger partial charge in [0, 0.05) is 0 Å². The van der Waals surface area contributed by atoms with Crippen molar-refractivity contribution in [2.75, 3.05) is 0 Å². The van der Waals surface area contributed by atoms with E-state index in [-0.39, 0.29) is 0 Å². The van der Waals surface area contributed by atoms with Crippen LogP contribution in [0.15, 0.2) is 0 Å². The average molecular weight is 56.1 g/mol. The van der Waals surface area contributed by atoms with E-state index in [2.05, 4.69) is 11.0 Å². The first-order chi connectivity index (χ1) is 1.91. The van der Waals surface area contributed by atoms with Crippen LogP contribution in [0.4, 0.5) is 0 Å². The van der Waals surface area contributed by atoms with E-state index in [0.717, 1.165) is 0 Å². The standard InChI is InChI=1S/C2H4N2/c1-2-4-3/h3H,1H3. The second-order valence-corrected chi connectivity index (χ2v) is 0.335. The molecule has 0 spiro atoms. The third-order valence-electron chi connectivity index (χ3n) is 0.112. The van der Waals surface area contributed by atoms with Crippen molar-refractivity contribution in [1.29, 1.82) is 0 Å². The normalized spacial score (nSPS) is 3.25. The van der Waals surface area contributed by atoms with E-state index >= 15 is 0 Å². The lowest BCUT2D eigenvalue weighted by molar-refractivity contribution is 1.88. The van der Waals surface area contributed by atoms with Crippen LogP contribution in [-0.2, 0) is 0 Å². The molecule has 0 bridgehead atoms. The highest BCUT2D eigenvalue weighted by molar-refractivity contribution is 4.79. The molecule has 0 fully saturated rings. The fourth-order valence-electron chi connectivity index (χ4n) is 0. The molecule has 2 nitrogen and oxygen atoms in total. The Morgan fingerprint density at radius 3 is 2.25 bits per heavy atom. The lowest BCUT2D eigenvalue weighted by Gasteiger charge is -1.39. The van der Waals surface area contributed by atoms with Crippen molar-refractivity contribution in [3.8, 4) is 6.07 Å². The maximum absolute atomic E-state index is 5.97. The molecule has 0 aliphatic carbocycles. The van der Waals surface area contributed by atoms with Gasteiger partial charge in [0.2, 0.25) is 0 Å². The van der Waals surface area contributed by atoms with Gasteiger partial charge in [-0.2, -0.15) is 0 Å². The molecule has 0 aliphatic rings. The van der Waals surface area contributed by atoms with Crippen molar-refractivity contribution in [3.05, 3.63) is 10.8 Å². The summed E-state index contributed by atoms with van der Waals surface area (Å²) in [6.07, 6.45) is 0. The van der Waals surface area contributed by atoms with Gasteiger partial charge in [-0.1, -0.05) is 0 Å². The fraction of sp³-hybridized carbons (Fsp3) is 0.500. The Balaban J connectivity index is 2.83. The summed E-state index contributed by atoms with van der Waals surface area (Å²) >= 11 is 0. The molecule has 0 radical (unpaired) electrons. The monoisotopic (exact) mass is 56.0 g/mol. The van der Waals surface area contributed by atoms with Crippen LogP contribution in [0.1, 0.15) is 6.92 Å². The van der Waals surface area contributed by atoms with Gasteiger partial charge < -0.3 is 5.84 Å². The van der Waals surface area contributed by atoms with Gasteiger partial charge in [-0.05, 0) is 0 Å². The molecule has 0 atom stereocenters. The van der Waals surface area contributed by atoms with Crippen LogP contribution in [0.3, 0.4) is 0 Å². The largest absolute Gasteiger partial charge is 0.322 e. The predicted octanol–water partition coefficient (Wildman–Crippen LogP) is 1.31. The summed E-state index contributed by atoms with van der Waals surface area (Å²) in [6, 6.07) is 2.22. The first kappa shape index (κ1) is 3.29. The van der Waals surface area contributed by atoms with Gasteiger partial charge in [-0.25, -0.2) is 0 Å². The summed E-state index contributed by atoms with van der Waals surface area (Å²) in [4.78, 5) is 2.74. The second kappa shape index (κ2) is 2.29. The number of nitrogens with one attached hydrogen (secondary N) is 1. The van der Waals surface area contributed by atoms with Crippen LogP contribution >= 0.6 is 0 Å². The molecule has 22 valence electrons. The third kappa shape index (κ3) is 1.29. The molecule has 0 saturated heterocycles. The van der Waals surface area contributed by atoms with Crippen LogP contribution in [0.2, 0.25) is 0 Å². The summed E-state index contributed by atoms with van der Waals surface area (Å²) in [5.41, 5.74) is 0. The molecule has 0 aliphatic heterocycles. The summed E-state index contributed by atoms with van der Waals surface area (Å²) < 4.78 is 0. The second-order valence-electron chi connectivity index (χ2n) is 0.335. The van der Waals surface area contributed by atoms with Gasteiger partial charge in [-0.3, -0.25) is 0 Å². The van der Waals surface area contributed by atoms with Crippen LogP contribution in [0, 0.1) is 6.07 Å².